The van der Waals surface area contributed by atoms with Crippen LogP contribution < -0.4 is 0 Å². The van der Waals surface area contributed by atoms with Crippen molar-refractivity contribution in [2.75, 3.05) is 0 Å². The molecule has 10 rings (SSSR count). The van der Waals surface area contributed by atoms with E-state index in [1.54, 1.807) is 0 Å². The molecule has 234 valence electrons. The minimum Gasteiger partial charge on any atom is -0.278 e. The molecular formula is C46H29N3S. The standard InChI is InChI=1S/C46H29N3S/c1-2-11-30(12-3-1)31-13-8-14-32(27-31)33-23-24-38-37-17-4-6-21-42(37)49(43(38)29-33)46-47-26-25-41(48-46)35-16-9-15-34(28-35)36-19-10-20-40-39-18-5-7-22-44(39)50-45(36)40/h1-29H. The van der Waals surface area contributed by atoms with E-state index in [4.69, 9.17) is 9.97 Å². The van der Waals surface area contributed by atoms with E-state index in [2.05, 4.69) is 168 Å². The topological polar surface area (TPSA) is 30.7 Å². The molecule has 0 spiro atoms. The Kier molecular flexibility index (Phi) is 6.68. The molecule has 10 aromatic rings. The second-order valence-corrected chi connectivity index (χ2v) is 13.7. The monoisotopic (exact) mass is 655 g/mol. The van der Waals surface area contributed by atoms with Gasteiger partial charge in [-0.05, 0) is 69.8 Å². The van der Waals surface area contributed by atoms with Crippen LogP contribution in [-0.4, -0.2) is 14.5 Å². The Morgan fingerprint density at radius 2 is 1.06 bits per heavy atom. The van der Waals surface area contributed by atoms with Gasteiger partial charge < -0.3 is 0 Å². The third-order valence-electron chi connectivity index (χ3n) is 9.69. The smallest absolute Gasteiger partial charge is 0.235 e. The van der Waals surface area contributed by atoms with Gasteiger partial charge in [0.2, 0.25) is 5.95 Å². The number of nitrogens with zero attached hydrogens (tertiary/aromatic N) is 3. The summed E-state index contributed by atoms with van der Waals surface area (Å²) in [5.74, 6) is 0.654. The van der Waals surface area contributed by atoms with Gasteiger partial charge in [-0.1, -0.05) is 133 Å². The van der Waals surface area contributed by atoms with E-state index >= 15 is 0 Å². The van der Waals surface area contributed by atoms with Crippen LogP contribution in [0.3, 0.4) is 0 Å². The predicted octanol–water partition coefficient (Wildman–Crippen LogP) is 12.6. The first-order valence-corrected chi connectivity index (χ1v) is 17.6. The molecule has 0 atom stereocenters. The summed E-state index contributed by atoms with van der Waals surface area (Å²) in [7, 11) is 0. The van der Waals surface area contributed by atoms with Gasteiger partial charge in [0, 0.05) is 42.7 Å². The molecule has 50 heavy (non-hydrogen) atoms. The third kappa shape index (κ3) is 4.73. The SMILES string of the molecule is c1ccc(-c2cccc(-c3ccc4c5ccccc5n(-c5nccc(-c6cccc(-c7cccc8c7sc7ccccc78)c6)n5)c4c3)c2)cc1. The van der Waals surface area contributed by atoms with Crippen LogP contribution in [0.2, 0.25) is 0 Å². The first-order chi connectivity index (χ1) is 24.8. The Balaban J connectivity index is 1.10. The first-order valence-electron chi connectivity index (χ1n) is 16.8. The summed E-state index contributed by atoms with van der Waals surface area (Å²) in [5.41, 5.74) is 11.3. The van der Waals surface area contributed by atoms with Crippen molar-refractivity contribution in [2.45, 2.75) is 0 Å². The van der Waals surface area contributed by atoms with Gasteiger partial charge in [-0.3, -0.25) is 4.57 Å². The van der Waals surface area contributed by atoms with E-state index in [0.29, 0.717) is 5.95 Å². The number of aromatic nitrogens is 3. The molecule has 0 amide bonds. The summed E-state index contributed by atoms with van der Waals surface area (Å²) in [6, 6.07) is 60.6. The highest BCUT2D eigenvalue weighted by atomic mass is 32.1. The Bertz CT molecular complexity index is 2880. The van der Waals surface area contributed by atoms with Crippen molar-refractivity contribution < 1.29 is 0 Å². The van der Waals surface area contributed by atoms with E-state index in [-0.39, 0.29) is 0 Å². The van der Waals surface area contributed by atoms with Gasteiger partial charge in [0.15, 0.2) is 0 Å². The molecule has 3 aromatic heterocycles. The molecule has 0 aliphatic rings. The van der Waals surface area contributed by atoms with Gasteiger partial charge in [0.05, 0.1) is 16.7 Å². The summed E-state index contributed by atoms with van der Waals surface area (Å²) in [5, 5.41) is 4.97. The third-order valence-corrected chi connectivity index (χ3v) is 10.9. The molecule has 0 unspecified atom stereocenters. The Morgan fingerprint density at radius 1 is 0.420 bits per heavy atom. The molecule has 0 saturated heterocycles. The second-order valence-electron chi connectivity index (χ2n) is 12.6. The zero-order chi connectivity index (χ0) is 33.0. The largest absolute Gasteiger partial charge is 0.278 e. The van der Waals surface area contributed by atoms with Gasteiger partial charge in [-0.25, -0.2) is 9.97 Å². The maximum atomic E-state index is 5.23. The van der Waals surface area contributed by atoms with Crippen molar-refractivity contribution in [2.24, 2.45) is 0 Å². The fraction of sp³-hybridized carbons (Fsp3) is 0. The van der Waals surface area contributed by atoms with E-state index in [1.807, 2.05) is 23.6 Å². The fourth-order valence-corrected chi connectivity index (χ4v) is 8.55. The molecule has 0 saturated carbocycles. The summed E-state index contributed by atoms with van der Waals surface area (Å²) >= 11 is 1.86. The maximum absolute atomic E-state index is 5.23. The lowest BCUT2D eigenvalue weighted by Gasteiger charge is -2.11. The molecule has 0 N–H and O–H groups in total. The lowest BCUT2D eigenvalue weighted by Crippen LogP contribution is -2.01. The average Bonchev–Trinajstić information content (AvgIpc) is 3.74. The lowest BCUT2D eigenvalue weighted by molar-refractivity contribution is 0.992. The van der Waals surface area contributed by atoms with Crippen LogP contribution in [0.15, 0.2) is 176 Å². The molecule has 0 radical (unpaired) electrons. The van der Waals surface area contributed by atoms with Gasteiger partial charge in [0.25, 0.3) is 0 Å². The first kappa shape index (κ1) is 28.6. The Morgan fingerprint density at radius 3 is 1.96 bits per heavy atom. The normalized spacial score (nSPS) is 11.6. The minimum absolute atomic E-state index is 0.654. The van der Waals surface area contributed by atoms with Crippen LogP contribution in [0.25, 0.3) is 92.6 Å². The number of thiophene rings is 1. The predicted molar refractivity (Wildman–Crippen MR) is 211 cm³/mol. The van der Waals surface area contributed by atoms with Crippen LogP contribution in [0, 0.1) is 0 Å². The zero-order valence-corrected chi connectivity index (χ0v) is 27.8. The summed E-state index contributed by atoms with van der Waals surface area (Å²) < 4.78 is 4.83. The summed E-state index contributed by atoms with van der Waals surface area (Å²) in [4.78, 5) is 10.1. The van der Waals surface area contributed by atoms with Gasteiger partial charge in [-0.2, -0.15) is 0 Å². The average molecular weight is 656 g/mol. The molecule has 0 aliphatic carbocycles. The van der Waals surface area contributed by atoms with Crippen molar-refractivity contribution in [1.82, 2.24) is 14.5 Å². The molecule has 4 heteroatoms. The molecule has 3 heterocycles. The maximum Gasteiger partial charge on any atom is 0.235 e. The molecule has 3 nitrogen and oxygen atoms in total. The number of hydrogen-bond acceptors (Lipinski definition) is 3. The number of para-hydroxylation sites is 1. The van der Waals surface area contributed by atoms with Gasteiger partial charge >= 0.3 is 0 Å². The van der Waals surface area contributed by atoms with Crippen molar-refractivity contribution in [3.8, 4) is 50.6 Å². The molecule has 0 aliphatic heterocycles. The Labute approximate surface area is 293 Å². The van der Waals surface area contributed by atoms with E-state index in [1.165, 1.54) is 58.8 Å². The van der Waals surface area contributed by atoms with Gasteiger partial charge in [-0.15, -0.1) is 11.3 Å². The molecular weight excluding hydrogens is 627 g/mol. The van der Waals surface area contributed by atoms with Crippen LogP contribution in [0.4, 0.5) is 0 Å². The summed E-state index contributed by atoms with van der Waals surface area (Å²) in [6.07, 6.45) is 1.88. The molecule has 0 bridgehead atoms. The zero-order valence-electron chi connectivity index (χ0n) is 27.0. The van der Waals surface area contributed by atoms with Crippen molar-refractivity contribution in [1.29, 1.82) is 0 Å². The molecule has 7 aromatic carbocycles. The van der Waals surface area contributed by atoms with E-state index in [0.717, 1.165) is 27.9 Å². The van der Waals surface area contributed by atoms with E-state index in [9.17, 15) is 0 Å². The van der Waals surface area contributed by atoms with Crippen molar-refractivity contribution in [3.05, 3.63) is 176 Å². The second kappa shape index (κ2) is 11.7. The van der Waals surface area contributed by atoms with Crippen LogP contribution in [0.5, 0.6) is 0 Å². The Hall–Kier alpha value is -6.36. The van der Waals surface area contributed by atoms with Gasteiger partial charge in [0.1, 0.15) is 0 Å². The van der Waals surface area contributed by atoms with Crippen LogP contribution >= 0.6 is 11.3 Å². The number of rotatable bonds is 5. The highest BCUT2D eigenvalue weighted by Gasteiger charge is 2.17. The lowest BCUT2D eigenvalue weighted by atomic mass is 9.98. The highest BCUT2D eigenvalue weighted by molar-refractivity contribution is 7.26. The van der Waals surface area contributed by atoms with Crippen LogP contribution in [-0.2, 0) is 0 Å². The number of hydrogen-bond donors (Lipinski definition) is 0. The van der Waals surface area contributed by atoms with E-state index < -0.39 is 0 Å². The highest BCUT2D eigenvalue weighted by Crippen LogP contribution is 2.41. The summed E-state index contributed by atoms with van der Waals surface area (Å²) in [6.45, 7) is 0. The number of fused-ring (bicyclic) bond motifs is 6. The van der Waals surface area contributed by atoms with Crippen LogP contribution in [0.1, 0.15) is 0 Å². The molecule has 0 fully saturated rings. The fourth-order valence-electron chi connectivity index (χ4n) is 7.31. The number of benzene rings is 7. The van der Waals surface area contributed by atoms with Crippen molar-refractivity contribution in [3.63, 3.8) is 0 Å². The van der Waals surface area contributed by atoms with Crippen molar-refractivity contribution >= 4 is 53.3 Å². The quantitative estimate of drug-likeness (QED) is 0.185. The minimum atomic E-state index is 0.654.